The average Bonchev–Trinajstić information content (AvgIpc) is 2.98. The third-order valence-corrected chi connectivity index (χ3v) is 3.51. The van der Waals surface area contributed by atoms with Gasteiger partial charge in [0, 0.05) is 13.6 Å². The Morgan fingerprint density at radius 2 is 2.29 bits per heavy atom. The van der Waals surface area contributed by atoms with Crippen molar-refractivity contribution >= 4 is 46.0 Å². The lowest BCUT2D eigenvalue weighted by Crippen LogP contribution is -2.36. The number of rotatable bonds is 1. The molecule has 0 unspecified atom stereocenters. The number of nitrogens with zero attached hydrogens (tertiary/aromatic N) is 4. The van der Waals surface area contributed by atoms with E-state index in [9.17, 15) is 0 Å². The van der Waals surface area contributed by atoms with Crippen molar-refractivity contribution in [1.29, 1.82) is 0 Å². The molecule has 1 aliphatic heterocycles. The molecule has 5 nitrogen and oxygen atoms in total. The Kier molecular flexibility index (Phi) is 2.60. The van der Waals surface area contributed by atoms with Gasteiger partial charge in [-0.25, -0.2) is 0 Å². The molecule has 0 saturated heterocycles. The van der Waals surface area contributed by atoms with E-state index < -0.39 is 0 Å². The lowest BCUT2D eigenvalue weighted by Gasteiger charge is -2.20. The van der Waals surface area contributed by atoms with E-state index in [1.54, 1.807) is 0 Å². The number of guanidine groups is 1. The van der Waals surface area contributed by atoms with Gasteiger partial charge in [0.05, 0.1) is 29.0 Å². The molecule has 2 aromatic rings. The van der Waals surface area contributed by atoms with Crippen LogP contribution in [0, 0.1) is 0 Å². The van der Waals surface area contributed by atoms with E-state index in [0.29, 0.717) is 5.02 Å². The second kappa shape index (κ2) is 4.12. The third kappa shape index (κ3) is 1.73. The molecule has 0 bridgehead atoms. The summed E-state index contributed by atoms with van der Waals surface area (Å²) >= 11 is 7.44. The van der Waals surface area contributed by atoms with Crippen molar-refractivity contribution in [3.05, 3.63) is 17.2 Å². The number of halogens is 1. The third-order valence-electron chi connectivity index (χ3n) is 2.66. The molecule has 0 aliphatic carbocycles. The number of hydrogen-bond acceptors (Lipinski definition) is 6. The Bertz CT molecular complexity index is 593. The van der Waals surface area contributed by atoms with Crippen LogP contribution in [0.2, 0.25) is 5.02 Å². The maximum Gasteiger partial charge on any atom is 0.198 e. The largest absolute Gasteiger partial charge is 0.354 e. The molecule has 0 spiro atoms. The molecular weight excluding hydrogens is 258 g/mol. The van der Waals surface area contributed by atoms with Crippen LogP contribution in [0.25, 0.3) is 11.0 Å². The van der Waals surface area contributed by atoms with Crippen molar-refractivity contribution in [2.45, 2.75) is 0 Å². The van der Waals surface area contributed by atoms with E-state index >= 15 is 0 Å². The van der Waals surface area contributed by atoms with Crippen molar-refractivity contribution in [2.24, 2.45) is 4.99 Å². The minimum absolute atomic E-state index is 0.657. The summed E-state index contributed by atoms with van der Waals surface area (Å²) in [6.45, 7) is 1.66. The average molecular weight is 268 g/mol. The number of aromatic nitrogens is 2. The number of fused-ring (bicyclic) bond motifs is 1. The van der Waals surface area contributed by atoms with Crippen molar-refractivity contribution in [3.8, 4) is 0 Å². The maximum atomic E-state index is 6.25. The molecule has 0 atom stereocenters. The van der Waals surface area contributed by atoms with Crippen molar-refractivity contribution < 1.29 is 0 Å². The van der Waals surface area contributed by atoms with E-state index in [-0.39, 0.29) is 0 Å². The van der Waals surface area contributed by atoms with Gasteiger partial charge < -0.3 is 10.2 Å². The van der Waals surface area contributed by atoms with Gasteiger partial charge in [-0.2, -0.15) is 8.75 Å². The first-order chi connectivity index (χ1) is 8.27. The fraction of sp³-hybridized carbons (Fsp3) is 0.300. The molecular formula is C10H10ClN5S. The monoisotopic (exact) mass is 267 g/mol. The summed E-state index contributed by atoms with van der Waals surface area (Å²) < 4.78 is 8.51. The highest BCUT2D eigenvalue weighted by Crippen LogP contribution is 2.32. The first-order valence-corrected chi connectivity index (χ1v) is 6.31. The standard InChI is InChI=1S/C10H10ClN5S/c1-16(10-12-4-5-13-10)9-6(11)2-3-7-8(9)15-17-14-7/h2-3H,4-5H2,1H3,(H,12,13). The summed E-state index contributed by atoms with van der Waals surface area (Å²) in [5, 5.41) is 3.87. The van der Waals surface area contributed by atoms with Crippen LogP contribution < -0.4 is 10.2 Å². The lowest BCUT2D eigenvalue weighted by molar-refractivity contribution is 0.951. The van der Waals surface area contributed by atoms with Crippen LogP contribution in [0.3, 0.4) is 0 Å². The summed E-state index contributed by atoms with van der Waals surface area (Å²) in [6, 6.07) is 3.72. The highest BCUT2D eigenvalue weighted by molar-refractivity contribution is 7.00. The Morgan fingerprint density at radius 1 is 1.41 bits per heavy atom. The zero-order valence-electron chi connectivity index (χ0n) is 9.14. The molecule has 17 heavy (non-hydrogen) atoms. The maximum absolute atomic E-state index is 6.25. The second-order valence-corrected chi connectivity index (χ2v) is 4.65. The van der Waals surface area contributed by atoms with E-state index in [1.807, 2.05) is 24.1 Å². The second-order valence-electron chi connectivity index (χ2n) is 3.72. The number of benzene rings is 1. The van der Waals surface area contributed by atoms with Crippen LogP contribution in [-0.2, 0) is 0 Å². The first kappa shape index (κ1) is 10.7. The Labute approximate surface area is 107 Å². The predicted molar refractivity (Wildman–Crippen MR) is 71.1 cm³/mol. The van der Waals surface area contributed by atoms with Crippen molar-refractivity contribution in [3.63, 3.8) is 0 Å². The zero-order chi connectivity index (χ0) is 11.8. The molecule has 3 rings (SSSR count). The molecule has 88 valence electrons. The van der Waals surface area contributed by atoms with Crippen LogP contribution in [-0.4, -0.2) is 34.8 Å². The van der Waals surface area contributed by atoms with Gasteiger partial charge in [-0.05, 0) is 12.1 Å². The molecule has 7 heteroatoms. The number of hydrogen-bond donors (Lipinski definition) is 1. The highest BCUT2D eigenvalue weighted by Gasteiger charge is 2.19. The van der Waals surface area contributed by atoms with Crippen LogP contribution in [0.15, 0.2) is 17.1 Å². The van der Waals surface area contributed by atoms with Gasteiger partial charge in [-0.1, -0.05) is 11.6 Å². The SMILES string of the molecule is CN(C1=NCCN1)c1c(Cl)ccc2nsnc12. The Morgan fingerprint density at radius 3 is 3.06 bits per heavy atom. The molecule has 0 saturated carbocycles. The summed E-state index contributed by atoms with van der Waals surface area (Å²) in [6.07, 6.45) is 0. The van der Waals surface area contributed by atoms with Crippen LogP contribution in [0.5, 0.6) is 0 Å². The molecule has 0 amide bonds. The Balaban J connectivity index is 2.14. The van der Waals surface area contributed by atoms with E-state index in [1.165, 1.54) is 11.7 Å². The topological polar surface area (TPSA) is 53.4 Å². The number of anilines is 1. The molecule has 0 fully saturated rings. The predicted octanol–water partition coefficient (Wildman–Crippen LogP) is 1.74. The van der Waals surface area contributed by atoms with Gasteiger partial charge in [0.15, 0.2) is 5.96 Å². The fourth-order valence-electron chi connectivity index (χ4n) is 1.85. The minimum Gasteiger partial charge on any atom is -0.354 e. The smallest absolute Gasteiger partial charge is 0.198 e. The normalized spacial score (nSPS) is 14.8. The van der Waals surface area contributed by atoms with Gasteiger partial charge in [0.2, 0.25) is 0 Å². The van der Waals surface area contributed by atoms with Crippen molar-refractivity contribution in [2.75, 3.05) is 25.0 Å². The van der Waals surface area contributed by atoms with Crippen LogP contribution in [0.4, 0.5) is 5.69 Å². The number of nitrogens with one attached hydrogen (secondary N) is 1. The number of aliphatic imine (C=N–C) groups is 1. The van der Waals surface area contributed by atoms with E-state index in [4.69, 9.17) is 11.6 Å². The summed E-state index contributed by atoms with van der Waals surface area (Å²) in [5.41, 5.74) is 2.53. The summed E-state index contributed by atoms with van der Waals surface area (Å²) in [4.78, 5) is 6.30. The molecule has 0 radical (unpaired) electrons. The van der Waals surface area contributed by atoms with Crippen LogP contribution >= 0.6 is 23.3 Å². The van der Waals surface area contributed by atoms with Crippen molar-refractivity contribution in [1.82, 2.24) is 14.1 Å². The highest BCUT2D eigenvalue weighted by atomic mass is 35.5. The van der Waals surface area contributed by atoms with Gasteiger partial charge in [0.25, 0.3) is 0 Å². The lowest BCUT2D eigenvalue weighted by atomic mass is 10.2. The molecule has 1 aliphatic rings. The quantitative estimate of drug-likeness (QED) is 0.855. The van der Waals surface area contributed by atoms with Gasteiger partial charge in [-0.15, -0.1) is 0 Å². The van der Waals surface area contributed by atoms with Gasteiger partial charge in [-0.3, -0.25) is 4.99 Å². The van der Waals surface area contributed by atoms with Gasteiger partial charge >= 0.3 is 0 Å². The summed E-state index contributed by atoms with van der Waals surface area (Å²) in [5.74, 6) is 0.826. The molecule has 1 N–H and O–H groups in total. The van der Waals surface area contributed by atoms with Gasteiger partial charge in [0.1, 0.15) is 11.0 Å². The Hall–Kier alpha value is -1.40. The van der Waals surface area contributed by atoms with Crippen LogP contribution in [0.1, 0.15) is 0 Å². The zero-order valence-corrected chi connectivity index (χ0v) is 10.7. The summed E-state index contributed by atoms with van der Waals surface area (Å²) in [7, 11) is 1.93. The molecule has 1 aromatic heterocycles. The van der Waals surface area contributed by atoms with E-state index in [0.717, 1.165) is 35.8 Å². The fourth-order valence-corrected chi connectivity index (χ4v) is 2.67. The van der Waals surface area contributed by atoms with E-state index in [2.05, 4.69) is 19.1 Å². The first-order valence-electron chi connectivity index (χ1n) is 5.20. The minimum atomic E-state index is 0.657. The molecule has 2 heterocycles. The molecule has 1 aromatic carbocycles.